The minimum absolute atomic E-state index is 0.00241. The summed E-state index contributed by atoms with van der Waals surface area (Å²) in [5, 5.41) is 4.79. The lowest BCUT2D eigenvalue weighted by molar-refractivity contribution is 0.497. The molecule has 1 aliphatic rings. The lowest BCUT2D eigenvalue weighted by Crippen LogP contribution is -2.33. The maximum absolute atomic E-state index is 14.4. The lowest BCUT2D eigenvalue weighted by atomic mass is 9.89. The molecule has 4 rings (SSSR count). The quantitative estimate of drug-likeness (QED) is 0.462. The molecule has 1 aromatic heterocycles. The van der Waals surface area contributed by atoms with Gasteiger partial charge in [0.05, 0.1) is 21.2 Å². The van der Waals surface area contributed by atoms with Gasteiger partial charge in [0.25, 0.3) is 10.0 Å². The minimum Gasteiger partial charge on any atom is -0.369 e. The Bertz CT molecular complexity index is 1520. The van der Waals surface area contributed by atoms with Crippen molar-refractivity contribution in [3.8, 4) is 0 Å². The summed E-state index contributed by atoms with van der Waals surface area (Å²) in [5.74, 6) is 0.00518. The molecule has 0 aliphatic carbocycles. The second-order valence-corrected chi connectivity index (χ2v) is 13.5. The lowest BCUT2D eigenvalue weighted by Gasteiger charge is -2.34. The van der Waals surface area contributed by atoms with Crippen LogP contribution in [0.2, 0.25) is 5.02 Å². The number of aryl methyl sites for hydroxylation is 2. The zero-order chi connectivity index (χ0) is 27.1. The highest BCUT2D eigenvalue weighted by atomic mass is 35.5. The number of aromatic nitrogens is 2. The molecule has 1 aliphatic heterocycles. The van der Waals surface area contributed by atoms with Gasteiger partial charge in [-0.2, -0.15) is 5.10 Å². The molecule has 3 aromatic rings. The fraction of sp³-hybridized carbons (Fsp3) is 0.375. The molecular weight excluding hydrogens is 541 g/mol. The summed E-state index contributed by atoms with van der Waals surface area (Å²) in [5.41, 5.74) is 2.00. The number of nitrogens with zero attached hydrogens (tertiary/aromatic N) is 4. The first-order chi connectivity index (χ1) is 17.3. The molecular formula is C24H29ClFN5O4S2. The molecule has 0 unspecified atom stereocenters. The second-order valence-electron chi connectivity index (χ2n) is 9.19. The van der Waals surface area contributed by atoms with Gasteiger partial charge in [0.2, 0.25) is 10.0 Å². The fourth-order valence-corrected chi connectivity index (χ4v) is 6.79. The van der Waals surface area contributed by atoms with Gasteiger partial charge >= 0.3 is 0 Å². The zero-order valence-electron chi connectivity index (χ0n) is 20.9. The molecule has 2 heterocycles. The molecule has 0 spiro atoms. The van der Waals surface area contributed by atoms with E-state index in [1.54, 1.807) is 19.2 Å². The van der Waals surface area contributed by atoms with E-state index in [0.717, 1.165) is 9.87 Å². The smallest absolute Gasteiger partial charge is 0.263 e. The average molecular weight is 570 g/mol. The maximum Gasteiger partial charge on any atom is 0.263 e. The third-order valence-corrected chi connectivity index (χ3v) is 9.99. The van der Waals surface area contributed by atoms with Crippen LogP contribution in [0.25, 0.3) is 0 Å². The van der Waals surface area contributed by atoms with Crippen LogP contribution in [0.1, 0.15) is 30.0 Å². The summed E-state index contributed by atoms with van der Waals surface area (Å²) in [6, 6.07) is 9.69. The Hall–Kier alpha value is -2.67. The van der Waals surface area contributed by atoms with E-state index < -0.39 is 20.0 Å². The number of hydrogen-bond acceptors (Lipinski definition) is 6. The Labute approximate surface area is 221 Å². The summed E-state index contributed by atoms with van der Waals surface area (Å²) < 4.78 is 70.7. The average Bonchev–Trinajstić information content (AvgIpc) is 3.11. The molecule has 9 nitrogen and oxygen atoms in total. The first kappa shape index (κ1) is 27.4. The van der Waals surface area contributed by atoms with E-state index in [9.17, 15) is 21.2 Å². The van der Waals surface area contributed by atoms with Gasteiger partial charge in [-0.05, 0) is 68.1 Å². The highest BCUT2D eigenvalue weighted by Crippen LogP contribution is 2.38. The summed E-state index contributed by atoms with van der Waals surface area (Å²) >= 11 is 5.88. The zero-order valence-corrected chi connectivity index (χ0v) is 23.3. The van der Waals surface area contributed by atoms with Crippen molar-refractivity contribution in [3.05, 3.63) is 64.6 Å². The number of sulfonamides is 2. The van der Waals surface area contributed by atoms with Crippen molar-refractivity contribution in [1.29, 1.82) is 0 Å². The first-order valence-electron chi connectivity index (χ1n) is 11.6. The predicted molar refractivity (Wildman–Crippen MR) is 142 cm³/mol. The molecule has 37 heavy (non-hydrogen) atoms. The van der Waals surface area contributed by atoms with Crippen LogP contribution in [0.5, 0.6) is 0 Å². The number of piperidine rings is 1. The normalized spacial score (nSPS) is 15.4. The molecule has 0 radical (unpaired) electrons. The standard InChI is InChI=1S/C24H29ClFN5O4S2/c1-16-23(17-11-13-31(14-12-17)22-10-5-18(25)15-21(22)26)24(30(4)27-16)28-36(32,33)19-6-8-20(9-7-19)37(34,35)29(2)3/h5-10,15,17,28H,11-14H2,1-4H3. The Morgan fingerprint density at radius 3 is 2.19 bits per heavy atom. The van der Waals surface area contributed by atoms with Crippen molar-refractivity contribution in [2.24, 2.45) is 7.05 Å². The highest BCUT2D eigenvalue weighted by Gasteiger charge is 2.30. The number of benzene rings is 2. The molecule has 13 heteroatoms. The molecule has 0 amide bonds. The minimum atomic E-state index is -4.02. The topological polar surface area (TPSA) is 105 Å². The van der Waals surface area contributed by atoms with Gasteiger partial charge in [0.15, 0.2) is 0 Å². The Balaban J connectivity index is 1.55. The molecule has 0 bridgehead atoms. The SMILES string of the molecule is Cc1nn(C)c(NS(=O)(=O)c2ccc(S(=O)(=O)N(C)C)cc2)c1C1CCN(c2ccc(Cl)cc2F)CC1. The first-order valence-corrected chi connectivity index (χ1v) is 14.9. The second kappa shape index (κ2) is 10.2. The van der Waals surface area contributed by atoms with Crippen LogP contribution in [0.15, 0.2) is 52.3 Å². The van der Waals surface area contributed by atoms with E-state index in [-0.39, 0.29) is 21.5 Å². The van der Waals surface area contributed by atoms with Crippen LogP contribution < -0.4 is 9.62 Å². The van der Waals surface area contributed by atoms with Gasteiger partial charge in [-0.15, -0.1) is 0 Å². The number of hydrogen-bond donors (Lipinski definition) is 1. The molecule has 1 saturated heterocycles. The van der Waals surface area contributed by atoms with Crippen molar-refractivity contribution in [1.82, 2.24) is 14.1 Å². The number of halogens is 2. The van der Waals surface area contributed by atoms with Crippen LogP contribution >= 0.6 is 11.6 Å². The van der Waals surface area contributed by atoms with Gasteiger partial charge in [0, 0.05) is 44.8 Å². The van der Waals surface area contributed by atoms with E-state index in [1.807, 2.05) is 11.8 Å². The molecule has 1 fully saturated rings. The largest absolute Gasteiger partial charge is 0.369 e. The summed E-state index contributed by atoms with van der Waals surface area (Å²) in [4.78, 5) is 1.89. The summed E-state index contributed by atoms with van der Waals surface area (Å²) in [6.45, 7) is 3.01. The Morgan fingerprint density at radius 2 is 1.62 bits per heavy atom. The van der Waals surface area contributed by atoms with E-state index in [1.165, 1.54) is 49.1 Å². The monoisotopic (exact) mass is 569 g/mol. The van der Waals surface area contributed by atoms with Crippen LogP contribution in [0, 0.1) is 12.7 Å². The van der Waals surface area contributed by atoms with Gasteiger partial charge in [-0.25, -0.2) is 25.5 Å². The Kier molecular flexibility index (Phi) is 7.57. The van der Waals surface area contributed by atoms with E-state index in [2.05, 4.69) is 9.82 Å². The van der Waals surface area contributed by atoms with Crippen molar-refractivity contribution in [2.45, 2.75) is 35.5 Å². The van der Waals surface area contributed by atoms with E-state index in [4.69, 9.17) is 11.6 Å². The van der Waals surface area contributed by atoms with E-state index >= 15 is 0 Å². The number of anilines is 2. The Morgan fingerprint density at radius 1 is 1.03 bits per heavy atom. The maximum atomic E-state index is 14.4. The van der Waals surface area contributed by atoms with Crippen LogP contribution in [-0.4, -0.2) is 58.1 Å². The number of nitrogens with one attached hydrogen (secondary N) is 1. The predicted octanol–water partition coefficient (Wildman–Crippen LogP) is 3.96. The van der Waals surface area contributed by atoms with Gasteiger partial charge < -0.3 is 4.90 Å². The van der Waals surface area contributed by atoms with Crippen molar-refractivity contribution in [3.63, 3.8) is 0 Å². The fourth-order valence-electron chi connectivity index (χ4n) is 4.62. The van der Waals surface area contributed by atoms with Crippen molar-refractivity contribution in [2.75, 3.05) is 36.8 Å². The van der Waals surface area contributed by atoms with Crippen LogP contribution in [0.4, 0.5) is 15.9 Å². The highest BCUT2D eigenvalue weighted by molar-refractivity contribution is 7.92. The van der Waals surface area contributed by atoms with Gasteiger partial charge in [-0.3, -0.25) is 9.40 Å². The van der Waals surface area contributed by atoms with Crippen molar-refractivity contribution < 1.29 is 21.2 Å². The van der Waals surface area contributed by atoms with Gasteiger partial charge in [0.1, 0.15) is 11.6 Å². The molecule has 1 N–H and O–H groups in total. The molecule has 200 valence electrons. The summed E-state index contributed by atoms with van der Waals surface area (Å²) in [6.07, 6.45) is 1.36. The summed E-state index contributed by atoms with van der Waals surface area (Å²) in [7, 11) is -3.22. The third kappa shape index (κ3) is 5.47. The van der Waals surface area contributed by atoms with Crippen molar-refractivity contribution >= 4 is 43.2 Å². The number of rotatable bonds is 7. The van der Waals surface area contributed by atoms with E-state index in [0.29, 0.717) is 48.2 Å². The molecule has 2 aromatic carbocycles. The van der Waals surface area contributed by atoms with Gasteiger partial charge in [-0.1, -0.05) is 11.6 Å². The third-order valence-electron chi connectivity index (χ3n) is 6.57. The molecule has 0 atom stereocenters. The van der Waals surface area contributed by atoms with Crippen LogP contribution in [0.3, 0.4) is 0 Å². The van der Waals surface area contributed by atoms with Crippen LogP contribution in [-0.2, 0) is 27.1 Å². The molecule has 0 saturated carbocycles.